The Morgan fingerprint density at radius 2 is 1.70 bits per heavy atom. The summed E-state index contributed by atoms with van der Waals surface area (Å²) in [5.41, 5.74) is 1.69. The number of carbonyl (C=O) groups is 1. The third-order valence-electron chi connectivity index (χ3n) is 4.50. The van der Waals surface area contributed by atoms with Crippen LogP contribution in [0, 0.1) is 0 Å². The first kappa shape index (κ1) is 21.2. The highest BCUT2D eigenvalue weighted by Crippen LogP contribution is 2.28. The Bertz CT molecular complexity index is 984. The van der Waals surface area contributed by atoms with Crippen molar-refractivity contribution in [2.75, 3.05) is 21.3 Å². The van der Waals surface area contributed by atoms with Crippen LogP contribution in [-0.4, -0.2) is 37.5 Å². The SMILES string of the molecule is COc1ccc(-c2nnc([C@H](C)OC(=O)CCc3ccc(OC)c(OC)c3)o2)cc1. The lowest BCUT2D eigenvalue weighted by Gasteiger charge is -2.11. The molecule has 0 amide bonds. The molecule has 0 N–H and O–H groups in total. The lowest BCUT2D eigenvalue weighted by molar-refractivity contribution is -0.149. The van der Waals surface area contributed by atoms with Crippen LogP contribution in [0.3, 0.4) is 0 Å². The monoisotopic (exact) mass is 412 g/mol. The minimum atomic E-state index is -0.651. The minimum Gasteiger partial charge on any atom is -0.497 e. The van der Waals surface area contributed by atoms with Gasteiger partial charge < -0.3 is 23.4 Å². The largest absolute Gasteiger partial charge is 0.497 e. The molecule has 30 heavy (non-hydrogen) atoms. The van der Waals surface area contributed by atoms with Crippen molar-refractivity contribution in [2.45, 2.75) is 25.9 Å². The number of methoxy groups -OCH3 is 3. The molecule has 3 aromatic rings. The molecule has 8 nitrogen and oxygen atoms in total. The van der Waals surface area contributed by atoms with Gasteiger partial charge in [0.25, 0.3) is 5.89 Å². The zero-order valence-electron chi connectivity index (χ0n) is 17.4. The molecule has 0 spiro atoms. The fourth-order valence-electron chi connectivity index (χ4n) is 2.84. The second-order valence-electron chi connectivity index (χ2n) is 6.50. The smallest absolute Gasteiger partial charge is 0.306 e. The normalized spacial score (nSPS) is 11.6. The number of benzene rings is 2. The molecule has 0 radical (unpaired) electrons. The van der Waals surface area contributed by atoms with E-state index in [0.29, 0.717) is 23.8 Å². The molecule has 8 heteroatoms. The number of aryl methyl sites for hydroxylation is 1. The van der Waals surface area contributed by atoms with Gasteiger partial charge in [0.15, 0.2) is 17.6 Å². The molecule has 0 fully saturated rings. The minimum absolute atomic E-state index is 0.208. The van der Waals surface area contributed by atoms with Crippen LogP contribution in [0.2, 0.25) is 0 Å². The summed E-state index contributed by atoms with van der Waals surface area (Å²) in [6.45, 7) is 1.69. The Kier molecular flexibility index (Phi) is 6.90. The van der Waals surface area contributed by atoms with Gasteiger partial charge in [0, 0.05) is 12.0 Å². The molecule has 0 saturated heterocycles. The topological polar surface area (TPSA) is 92.9 Å². The van der Waals surface area contributed by atoms with E-state index in [-0.39, 0.29) is 18.3 Å². The highest BCUT2D eigenvalue weighted by molar-refractivity contribution is 5.70. The van der Waals surface area contributed by atoms with Gasteiger partial charge in [-0.2, -0.15) is 0 Å². The second-order valence-corrected chi connectivity index (χ2v) is 6.50. The van der Waals surface area contributed by atoms with Gasteiger partial charge in [-0.15, -0.1) is 10.2 Å². The molecular weight excluding hydrogens is 388 g/mol. The Morgan fingerprint density at radius 1 is 0.967 bits per heavy atom. The van der Waals surface area contributed by atoms with Crippen LogP contribution in [0.15, 0.2) is 46.9 Å². The van der Waals surface area contributed by atoms with Crippen LogP contribution in [0.1, 0.15) is 30.9 Å². The Labute approximate surface area is 174 Å². The average molecular weight is 412 g/mol. The number of rotatable bonds is 9. The van der Waals surface area contributed by atoms with Crippen molar-refractivity contribution < 1.29 is 28.2 Å². The van der Waals surface area contributed by atoms with E-state index in [4.69, 9.17) is 23.4 Å². The molecule has 0 bridgehead atoms. The second kappa shape index (κ2) is 9.78. The average Bonchev–Trinajstić information content (AvgIpc) is 3.28. The third kappa shape index (κ3) is 5.08. The van der Waals surface area contributed by atoms with Crippen LogP contribution in [0.5, 0.6) is 17.2 Å². The number of ether oxygens (including phenoxy) is 4. The van der Waals surface area contributed by atoms with Crippen molar-refractivity contribution in [3.63, 3.8) is 0 Å². The van der Waals surface area contributed by atoms with Crippen molar-refractivity contribution in [2.24, 2.45) is 0 Å². The predicted octanol–water partition coefficient (Wildman–Crippen LogP) is 4.00. The van der Waals surface area contributed by atoms with E-state index in [2.05, 4.69) is 10.2 Å². The summed E-state index contributed by atoms with van der Waals surface area (Å²) >= 11 is 0. The molecule has 2 aromatic carbocycles. The number of hydrogen-bond donors (Lipinski definition) is 0. The Balaban J connectivity index is 1.56. The summed E-state index contributed by atoms with van der Waals surface area (Å²) in [5.74, 6) is 2.22. The fraction of sp³-hybridized carbons (Fsp3) is 0.318. The zero-order chi connectivity index (χ0) is 21.5. The maximum Gasteiger partial charge on any atom is 0.306 e. The molecule has 3 rings (SSSR count). The first-order valence-electron chi connectivity index (χ1n) is 9.42. The van der Waals surface area contributed by atoms with Gasteiger partial charge in [0.1, 0.15) is 5.75 Å². The van der Waals surface area contributed by atoms with E-state index >= 15 is 0 Å². The van der Waals surface area contributed by atoms with Crippen LogP contribution >= 0.6 is 0 Å². The van der Waals surface area contributed by atoms with Crippen LogP contribution in [-0.2, 0) is 16.0 Å². The highest BCUT2D eigenvalue weighted by atomic mass is 16.6. The first-order chi connectivity index (χ1) is 14.5. The van der Waals surface area contributed by atoms with E-state index in [1.807, 2.05) is 24.3 Å². The number of nitrogens with zero attached hydrogens (tertiary/aromatic N) is 2. The molecule has 0 saturated carbocycles. The molecule has 158 valence electrons. The van der Waals surface area contributed by atoms with Crippen LogP contribution in [0.25, 0.3) is 11.5 Å². The Hall–Kier alpha value is -3.55. The number of aromatic nitrogens is 2. The molecule has 0 aliphatic rings. The molecule has 0 aliphatic heterocycles. The summed E-state index contributed by atoms with van der Waals surface area (Å²) in [4.78, 5) is 12.2. The fourth-order valence-corrected chi connectivity index (χ4v) is 2.84. The summed E-state index contributed by atoms with van der Waals surface area (Å²) in [5, 5.41) is 8.02. The van der Waals surface area contributed by atoms with Crippen molar-refractivity contribution in [1.29, 1.82) is 0 Å². The molecule has 1 atom stereocenters. The van der Waals surface area contributed by atoms with Gasteiger partial charge in [0.2, 0.25) is 5.89 Å². The van der Waals surface area contributed by atoms with Crippen LogP contribution in [0.4, 0.5) is 0 Å². The van der Waals surface area contributed by atoms with Gasteiger partial charge >= 0.3 is 5.97 Å². The summed E-state index contributed by atoms with van der Waals surface area (Å²) in [6, 6.07) is 12.8. The Morgan fingerprint density at radius 3 is 2.37 bits per heavy atom. The van der Waals surface area contributed by atoms with Gasteiger partial charge in [-0.25, -0.2) is 0 Å². The molecule has 0 unspecified atom stereocenters. The predicted molar refractivity (Wildman–Crippen MR) is 109 cm³/mol. The van der Waals surface area contributed by atoms with Crippen molar-refractivity contribution >= 4 is 5.97 Å². The maximum atomic E-state index is 12.2. The number of hydrogen-bond acceptors (Lipinski definition) is 8. The first-order valence-corrected chi connectivity index (χ1v) is 9.42. The van der Waals surface area contributed by atoms with E-state index < -0.39 is 6.10 Å². The number of carbonyl (C=O) groups excluding carboxylic acids is 1. The third-order valence-corrected chi connectivity index (χ3v) is 4.50. The molecule has 1 aromatic heterocycles. The zero-order valence-corrected chi connectivity index (χ0v) is 17.4. The molecule has 1 heterocycles. The summed E-state index contributed by atoms with van der Waals surface area (Å²) in [6.07, 6.45) is 0.0639. The van der Waals surface area contributed by atoms with Crippen molar-refractivity contribution in [3.05, 3.63) is 53.9 Å². The van der Waals surface area contributed by atoms with Gasteiger partial charge in [-0.05, 0) is 55.3 Å². The summed E-state index contributed by atoms with van der Waals surface area (Å²) < 4.78 is 26.7. The van der Waals surface area contributed by atoms with E-state index in [1.54, 1.807) is 46.5 Å². The lowest BCUT2D eigenvalue weighted by Crippen LogP contribution is -2.10. The molecule has 0 aliphatic carbocycles. The van der Waals surface area contributed by atoms with Gasteiger partial charge in [0.05, 0.1) is 21.3 Å². The van der Waals surface area contributed by atoms with Gasteiger partial charge in [-0.3, -0.25) is 4.79 Å². The highest BCUT2D eigenvalue weighted by Gasteiger charge is 2.19. The van der Waals surface area contributed by atoms with Crippen molar-refractivity contribution in [3.8, 4) is 28.7 Å². The quantitative estimate of drug-likeness (QED) is 0.487. The van der Waals surface area contributed by atoms with E-state index in [1.165, 1.54) is 0 Å². The molecular formula is C22H24N2O6. The maximum absolute atomic E-state index is 12.2. The standard InChI is InChI=1S/C22H24N2O6/c1-14(21-23-24-22(30-21)16-7-9-17(26-2)10-8-16)29-20(25)12-6-15-5-11-18(27-3)19(13-15)28-4/h5,7-11,13-14H,6,12H2,1-4H3/t14-/m0/s1. The summed E-state index contributed by atoms with van der Waals surface area (Å²) in [7, 11) is 4.75. The number of esters is 1. The van der Waals surface area contributed by atoms with E-state index in [9.17, 15) is 4.79 Å². The lowest BCUT2D eigenvalue weighted by atomic mass is 10.1. The van der Waals surface area contributed by atoms with Gasteiger partial charge in [-0.1, -0.05) is 6.07 Å². The van der Waals surface area contributed by atoms with Crippen LogP contribution < -0.4 is 14.2 Å². The van der Waals surface area contributed by atoms with E-state index in [0.717, 1.165) is 16.9 Å². The van der Waals surface area contributed by atoms with Crippen molar-refractivity contribution in [1.82, 2.24) is 10.2 Å².